The third-order valence-corrected chi connectivity index (χ3v) is 2.92. The first-order valence-corrected chi connectivity index (χ1v) is 6.14. The van der Waals surface area contributed by atoms with Crippen molar-refractivity contribution in [2.24, 2.45) is 0 Å². The minimum absolute atomic E-state index is 0.184. The van der Waals surface area contributed by atoms with E-state index in [1.807, 2.05) is 12.1 Å². The third kappa shape index (κ3) is 3.16. The van der Waals surface area contributed by atoms with E-state index >= 15 is 0 Å². The predicted molar refractivity (Wildman–Crippen MR) is 70.4 cm³/mol. The monoisotopic (exact) mass is 228 g/mol. The fourth-order valence-corrected chi connectivity index (χ4v) is 1.93. The number of benzene rings is 2. The number of halogens is 1. The topological polar surface area (TPSA) is 0 Å². The molecule has 0 unspecified atom stereocenters. The van der Waals surface area contributed by atoms with Crippen LogP contribution in [0.3, 0.4) is 0 Å². The van der Waals surface area contributed by atoms with Gasteiger partial charge in [-0.2, -0.15) is 0 Å². The Labute approximate surface area is 102 Å². The highest BCUT2D eigenvalue weighted by atomic mass is 19.1. The maximum atomic E-state index is 12.8. The Morgan fingerprint density at radius 3 is 2.41 bits per heavy atom. The summed E-state index contributed by atoms with van der Waals surface area (Å²) in [4.78, 5) is 0. The zero-order chi connectivity index (χ0) is 12.1. The van der Waals surface area contributed by atoms with Crippen LogP contribution >= 0.6 is 0 Å². The van der Waals surface area contributed by atoms with Crippen LogP contribution in [0.25, 0.3) is 11.1 Å². The van der Waals surface area contributed by atoms with Crippen molar-refractivity contribution in [3.05, 3.63) is 59.9 Å². The van der Waals surface area contributed by atoms with Crippen LogP contribution in [0.5, 0.6) is 0 Å². The predicted octanol–water partition coefficient (Wildman–Crippen LogP) is 4.84. The van der Waals surface area contributed by atoms with E-state index in [9.17, 15) is 4.39 Å². The van der Waals surface area contributed by atoms with E-state index in [-0.39, 0.29) is 5.82 Å². The van der Waals surface area contributed by atoms with Gasteiger partial charge in [-0.1, -0.05) is 49.7 Å². The zero-order valence-electron chi connectivity index (χ0n) is 10.1. The first-order valence-electron chi connectivity index (χ1n) is 6.14. The van der Waals surface area contributed by atoms with Crippen LogP contribution in [0.4, 0.5) is 4.39 Å². The van der Waals surface area contributed by atoms with E-state index in [1.54, 1.807) is 0 Å². The average Bonchev–Trinajstić information content (AvgIpc) is 2.37. The van der Waals surface area contributed by atoms with Crippen molar-refractivity contribution in [3.8, 4) is 11.1 Å². The van der Waals surface area contributed by atoms with E-state index in [4.69, 9.17) is 0 Å². The van der Waals surface area contributed by atoms with Crippen molar-refractivity contribution in [3.63, 3.8) is 0 Å². The Kier molecular flexibility index (Phi) is 3.92. The molecule has 2 rings (SSSR count). The molecule has 0 nitrogen and oxygen atoms in total. The lowest BCUT2D eigenvalue weighted by Gasteiger charge is -2.05. The Balaban J connectivity index is 2.23. The molecule has 0 N–H and O–H groups in total. The molecule has 0 saturated carbocycles. The molecule has 0 aliphatic rings. The number of hydrogen-bond acceptors (Lipinski definition) is 0. The lowest BCUT2D eigenvalue weighted by molar-refractivity contribution is 0.628. The molecule has 0 aromatic heterocycles. The maximum absolute atomic E-state index is 12.8. The van der Waals surface area contributed by atoms with Gasteiger partial charge in [0.05, 0.1) is 0 Å². The van der Waals surface area contributed by atoms with Crippen molar-refractivity contribution < 1.29 is 4.39 Å². The van der Waals surface area contributed by atoms with Gasteiger partial charge in [0.2, 0.25) is 0 Å². The molecule has 0 heterocycles. The molecule has 0 spiro atoms. The molecule has 0 saturated heterocycles. The molecule has 1 heteroatoms. The third-order valence-electron chi connectivity index (χ3n) is 2.92. The second kappa shape index (κ2) is 5.62. The smallest absolute Gasteiger partial charge is 0.123 e. The fraction of sp³-hybridized carbons (Fsp3) is 0.250. The van der Waals surface area contributed by atoms with Crippen LogP contribution in [0.15, 0.2) is 48.5 Å². The highest BCUT2D eigenvalue weighted by Crippen LogP contribution is 2.21. The first kappa shape index (κ1) is 11.8. The fourth-order valence-electron chi connectivity index (χ4n) is 1.93. The molecule has 0 aliphatic heterocycles. The lowest BCUT2D eigenvalue weighted by Crippen LogP contribution is -1.86. The van der Waals surface area contributed by atoms with Crippen molar-refractivity contribution >= 4 is 0 Å². The summed E-state index contributed by atoms with van der Waals surface area (Å²) in [5.41, 5.74) is 3.59. The first-order chi connectivity index (χ1) is 8.29. The summed E-state index contributed by atoms with van der Waals surface area (Å²) in [6, 6.07) is 15.2. The van der Waals surface area contributed by atoms with Crippen LogP contribution in [-0.4, -0.2) is 0 Å². The van der Waals surface area contributed by atoms with E-state index in [0.29, 0.717) is 0 Å². The van der Waals surface area contributed by atoms with Crippen molar-refractivity contribution in [2.45, 2.75) is 26.2 Å². The Morgan fingerprint density at radius 2 is 1.71 bits per heavy atom. The van der Waals surface area contributed by atoms with Gasteiger partial charge in [-0.05, 0) is 41.7 Å². The van der Waals surface area contributed by atoms with Crippen molar-refractivity contribution in [2.75, 3.05) is 0 Å². The maximum Gasteiger partial charge on any atom is 0.123 e. The largest absolute Gasteiger partial charge is 0.207 e. The van der Waals surface area contributed by atoms with Crippen molar-refractivity contribution in [1.82, 2.24) is 0 Å². The summed E-state index contributed by atoms with van der Waals surface area (Å²) in [7, 11) is 0. The SMILES string of the molecule is CCCCc1cccc(-c2ccc(F)cc2)c1. The van der Waals surface area contributed by atoms with Gasteiger partial charge in [0, 0.05) is 0 Å². The lowest BCUT2D eigenvalue weighted by atomic mass is 10.0. The molecule has 0 fully saturated rings. The second-order valence-electron chi connectivity index (χ2n) is 4.31. The van der Waals surface area contributed by atoms with Gasteiger partial charge in [-0.3, -0.25) is 0 Å². The molecular formula is C16H17F. The van der Waals surface area contributed by atoms with Crippen LogP contribution < -0.4 is 0 Å². The zero-order valence-corrected chi connectivity index (χ0v) is 10.1. The summed E-state index contributed by atoms with van der Waals surface area (Å²) in [5, 5.41) is 0. The summed E-state index contributed by atoms with van der Waals surface area (Å²) < 4.78 is 12.8. The van der Waals surface area contributed by atoms with Crippen LogP contribution in [0, 0.1) is 5.82 Å². The number of rotatable bonds is 4. The standard InChI is InChI=1S/C16H17F/c1-2-3-5-13-6-4-7-15(12-13)14-8-10-16(17)11-9-14/h4,6-12H,2-3,5H2,1H3. The minimum atomic E-state index is -0.184. The van der Waals surface area contributed by atoms with Gasteiger partial charge in [0.1, 0.15) is 5.82 Å². The molecule has 2 aromatic carbocycles. The molecule has 17 heavy (non-hydrogen) atoms. The average molecular weight is 228 g/mol. The van der Waals surface area contributed by atoms with Crippen LogP contribution in [0.1, 0.15) is 25.3 Å². The second-order valence-corrected chi connectivity index (χ2v) is 4.31. The summed E-state index contributed by atoms with van der Waals surface area (Å²) in [6.07, 6.45) is 3.54. The molecule has 0 aliphatic carbocycles. The molecule has 2 aromatic rings. The number of hydrogen-bond donors (Lipinski definition) is 0. The molecular weight excluding hydrogens is 211 g/mol. The van der Waals surface area contributed by atoms with E-state index in [1.165, 1.54) is 36.1 Å². The summed E-state index contributed by atoms with van der Waals surface area (Å²) in [6.45, 7) is 2.20. The van der Waals surface area contributed by atoms with Gasteiger partial charge in [-0.15, -0.1) is 0 Å². The Bertz CT molecular complexity index is 471. The van der Waals surface area contributed by atoms with Crippen molar-refractivity contribution in [1.29, 1.82) is 0 Å². The minimum Gasteiger partial charge on any atom is -0.207 e. The van der Waals surface area contributed by atoms with Gasteiger partial charge < -0.3 is 0 Å². The van der Waals surface area contributed by atoms with E-state index in [2.05, 4.69) is 31.2 Å². The van der Waals surface area contributed by atoms with Gasteiger partial charge in [0.25, 0.3) is 0 Å². The molecule has 0 atom stereocenters. The van der Waals surface area contributed by atoms with Gasteiger partial charge in [0.15, 0.2) is 0 Å². The van der Waals surface area contributed by atoms with Gasteiger partial charge in [-0.25, -0.2) is 4.39 Å². The highest BCUT2D eigenvalue weighted by Gasteiger charge is 1.99. The molecule has 0 bridgehead atoms. The number of unbranched alkanes of at least 4 members (excludes halogenated alkanes) is 1. The van der Waals surface area contributed by atoms with Crippen LogP contribution in [-0.2, 0) is 6.42 Å². The Hall–Kier alpha value is -1.63. The number of aryl methyl sites for hydroxylation is 1. The highest BCUT2D eigenvalue weighted by molar-refractivity contribution is 5.64. The normalized spacial score (nSPS) is 10.5. The molecule has 0 radical (unpaired) electrons. The summed E-state index contributed by atoms with van der Waals surface area (Å²) >= 11 is 0. The van der Waals surface area contributed by atoms with Gasteiger partial charge >= 0.3 is 0 Å². The van der Waals surface area contributed by atoms with Crippen LogP contribution in [0.2, 0.25) is 0 Å². The Morgan fingerprint density at radius 1 is 0.941 bits per heavy atom. The molecule has 88 valence electrons. The quantitative estimate of drug-likeness (QED) is 0.702. The van der Waals surface area contributed by atoms with E-state index in [0.717, 1.165) is 12.0 Å². The summed E-state index contributed by atoms with van der Waals surface area (Å²) in [5.74, 6) is -0.184. The van der Waals surface area contributed by atoms with E-state index < -0.39 is 0 Å². The molecule has 0 amide bonds.